The van der Waals surface area contributed by atoms with Gasteiger partial charge in [0.15, 0.2) is 0 Å². The average Bonchev–Trinajstić information content (AvgIpc) is 2.89. The maximum atomic E-state index is 11.8. The highest BCUT2D eigenvalue weighted by molar-refractivity contribution is 5.90. The average molecular weight is 235 g/mol. The molecule has 3 rings (SSSR count). The van der Waals surface area contributed by atoms with Crippen molar-refractivity contribution >= 4 is 11.6 Å². The SMILES string of the molecule is O=C(CC1CC2CCC(C1)N2)Nc1cnoc1. The van der Waals surface area contributed by atoms with Crippen molar-refractivity contribution in [1.29, 1.82) is 0 Å². The molecule has 2 unspecified atom stereocenters. The van der Waals surface area contributed by atoms with Crippen molar-refractivity contribution in [3.8, 4) is 0 Å². The largest absolute Gasteiger partial charge is 0.363 e. The number of piperidine rings is 1. The summed E-state index contributed by atoms with van der Waals surface area (Å²) in [6, 6.07) is 1.28. The number of carbonyl (C=O) groups excluding carboxylic acids is 1. The van der Waals surface area contributed by atoms with E-state index in [0.29, 0.717) is 30.1 Å². The van der Waals surface area contributed by atoms with Crippen LogP contribution in [-0.2, 0) is 4.79 Å². The standard InChI is InChI=1S/C12H17N3O2/c16-12(15-11-6-13-17-7-11)5-8-3-9-1-2-10(4-8)14-9/h6-10,14H,1-5H2,(H,15,16). The van der Waals surface area contributed by atoms with Crippen LogP contribution < -0.4 is 10.6 Å². The molecule has 2 aliphatic heterocycles. The molecule has 2 saturated heterocycles. The lowest BCUT2D eigenvalue weighted by Crippen LogP contribution is -2.39. The van der Waals surface area contributed by atoms with E-state index in [1.54, 1.807) is 0 Å². The number of aromatic nitrogens is 1. The summed E-state index contributed by atoms with van der Waals surface area (Å²) in [4.78, 5) is 11.8. The molecule has 2 aliphatic rings. The number of hydrogen-bond donors (Lipinski definition) is 2. The number of nitrogens with zero attached hydrogens (tertiary/aromatic N) is 1. The molecule has 1 aromatic rings. The number of carbonyl (C=O) groups is 1. The predicted octanol–water partition coefficient (Wildman–Crippen LogP) is 1.53. The Morgan fingerprint density at radius 1 is 1.47 bits per heavy atom. The Morgan fingerprint density at radius 3 is 2.88 bits per heavy atom. The van der Waals surface area contributed by atoms with Gasteiger partial charge in [-0.15, -0.1) is 0 Å². The van der Waals surface area contributed by atoms with Gasteiger partial charge < -0.3 is 15.2 Å². The fraction of sp³-hybridized carbons (Fsp3) is 0.667. The quantitative estimate of drug-likeness (QED) is 0.833. The molecule has 17 heavy (non-hydrogen) atoms. The number of anilines is 1. The molecule has 0 spiro atoms. The molecule has 0 aliphatic carbocycles. The second kappa shape index (κ2) is 4.49. The van der Waals surface area contributed by atoms with Crippen LogP contribution in [0.3, 0.4) is 0 Å². The first-order valence-electron chi connectivity index (χ1n) is 6.25. The minimum Gasteiger partial charge on any atom is -0.363 e. The van der Waals surface area contributed by atoms with Gasteiger partial charge in [0, 0.05) is 18.5 Å². The van der Waals surface area contributed by atoms with Gasteiger partial charge in [-0.05, 0) is 31.6 Å². The number of fused-ring (bicyclic) bond motifs is 2. The summed E-state index contributed by atoms with van der Waals surface area (Å²) in [5, 5.41) is 9.94. The van der Waals surface area contributed by atoms with Gasteiger partial charge in [-0.25, -0.2) is 0 Å². The minimum absolute atomic E-state index is 0.0690. The fourth-order valence-electron chi connectivity index (χ4n) is 3.08. The van der Waals surface area contributed by atoms with E-state index in [1.807, 2.05) is 0 Å². The van der Waals surface area contributed by atoms with E-state index in [1.165, 1.54) is 25.3 Å². The summed E-state index contributed by atoms with van der Waals surface area (Å²) in [6.45, 7) is 0. The topological polar surface area (TPSA) is 67.2 Å². The summed E-state index contributed by atoms with van der Waals surface area (Å²) in [5.41, 5.74) is 0.645. The van der Waals surface area contributed by atoms with Crippen LogP contribution in [-0.4, -0.2) is 23.1 Å². The number of rotatable bonds is 3. The molecule has 2 fully saturated rings. The first kappa shape index (κ1) is 10.8. The zero-order valence-corrected chi connectivity index (χ0v) is 9.69. The Labute approximate surface area is 99.9 Å². The summed E-state index contributed by atoms with van der Waals surface area (Å²) in [6.07, 6.45) is 8.39. The molecule has 0 radical (unpaired) electrons. The predicted molar refractivity (Wildman–Crippen MR) is 62.4 cm³/mol. The van der Waals surface area contributed by atoms with Crippen LogP contribution in [0.5, 0.6) is 0 Å². The first-order valence-corrected chi connectivity index (χ1v) is 6.25. The number of nitrogens with one attached hydrogen (secondary N) is 2. The van der Waals surface area contributed by atoms with E-state index in [2.05, 4.69) is 20.3 Å². The molecule has 0 saturated carbocycles. The van der Waals surface area contributed by atoms with Crippen molar-refractivity contribution in [2.45, 2.75) is 44.2 Å². The highest BCUT2D eigenvalue weighted by atomic mass is 16.5. The van der Waals surface area contributed by atoms with Crippen molar-refractivity contribution in [2.75, 3.05) is 5.32 Å². The monoisotopic (exact) mass is 235 g/mol. The Morgan fingerprint density at radius 2 is 2.24 bits per heavy atom. The van der Waals surface area contributed by atoms with Crippen LogP contribution in [0.15, 0.2) is 17.0 Å². The van der Waals surface area contributed by atoms with Gasteiger partial charge in [0.25, 0.3) is 0 Å². The molecule has 1 aromatic heterocycles. The molecule has 2 N–H and O–H groups in total. The van der Waals surface area contributed by atoms with Gasteiger partial charge in [0.05, 0.1) is 6.20 Å². The number of hydrogen-bond acceptors (Lipinski definition) is 4. The van der Waals surface area contributed by atoms with E-state index < -0.39 is 0 Å². The molecule has 92 valence electrons. The van der Waals surface area contributed by atoms with E-state index >= 15 is 0 Å². The molecular weight excluding hydrogens is 218 g/mol. The van der Waals surface area contributed by atoms with E-state index in [4.69, 9.17) is 0 Å². The highest BCUT2D eigenvalue weighted by Gasteiger charge is 2.34. The molecule has 3 heterocycles. The Bertz CT molecular complexity index is 378. The zero-order chi connectivity index (χ0) is 11.7. The van der Waals surface area contributed by atoms with Gasteiger partial charge in [0.1, 0.15) is 12.0 Å². The molecule has 1 amide bonds. The van der Waals surface area contributed by atoms with Crippen LogP contribution in [0, 0.1) is 5.92 Å². The second-order valence-electron chi connectivity index (χ2n) is 5.14. The minimum atomic E-state index is 0.0690. The molecule has 2 atom stereocenters. The first-order chi connectivity index (χ1) is 8.29. The molecular formula is C12H17N3O2. The van der Waals surface area contributed by atoms with Crippen LogP contribution >= 0.6 is 0 Å². The van der Waals surface area contributed by atoms with Crippen LogP contribution in [0.2, 0.25) is 0 Å². The third kappa shape index (κ3) is 2.49. The van der Waals surface area contributed by atoms with Gasteiger partial charge in [-0.2, -0.15) is 0 Å². The molecule has 5 heteroatoms. The van der Waals surface area contributed by atoms with Gasteiger partial charge >= 0.3 is 0 Å². The van der Waals surface area contributed by atoms with Crippen molar-refractivity contribution in [3.05, 3.63) is 12.5 Å². The fourth-order valence-corrected chi connectivity index (χ4v) is 3.08. The molecule has 5 nitrogen and oxygen atoms in total. The summed E-state index contributed by atoms with van der Waals surface area (Å²) in [7, 11) is 0. The maximum Gasteiger partial charge on any atom is 0.224 e. The van der Waals surface area contributed by atoms with Crippen LogP contribution in [0.4, 0.5) is 5.69 Å². The van der Waals surface area contributed by atoms with Gasteiger partial charge in [0.2, 0.25) is 5.91 Å². The van der Waals surface area contributed by atoms with Crippen molar-refractivity contribution in [3.63, 3.8) is 0 Å². The third-order valence-electron chi connectivity index (χ3n) is 3.76. The van der Waals surface area contributed by atoms with Crippen molar-refractivity contribution < 1.29 is 9.32 Å². The Hall–Kier alpha value is -1.36. The van der Waals surface area contributed by atoms with Crippen LogP contribution in [0.1, 0.15) is 32.1 Å². The smallest absolute Gasteiger partial charge is 0.224 e. The zero-order valence-electron chi connectivity index (χ0n) is 9.69. The lowest BCUT2D eigenvalue weighted by Gasteiger charge is -2.28. The Kier molecular flexibility index (Phi) is 2.84. The van der Waals surface area contributed by atoms with Crippen molar-refractivity contribution in [2.24, 2.45) is 5.92 Å². The second-order valence-corrected chi connectivity index (χ2v) is 5.14. The lowest BCUT2D eigenvalue weighted by atomic mass is 9.89. The molecule has 0 aromatic carbocycles. The van der Waals surface area contributed by atoms with Crippen LogP contribution in [0.25, 0.3) is 0 Å². The number of amides is 1. The van der Waals surface area contributed by atoms with E-state index in [9.17, 15) is 4.79 Å². The Balaban J connectivity index is 1.51. The van der Waals surface area contributed by atoms with Crippen molar-refractivity contribution in [1.82, 2.24) is 10.5 Å². The molecule has 2 bridgehead atoms. The van der Waals surface area contributed by atoms with Gasteiger partial charge in [-0.3, -0.25) is 4.79 Å². The summed E-state index contributed by atoms with van der Waals surface area (Å²) < 4.78 is 4.67. The summed E-state index contributed by atoms with van der Waals surface area (Å²) >= 11 is 0. The van der Waals surface area contributed by atoms with Gasteiger partial charge in [-0.1, -0.05) is 5.16 Å². The van der Waals surface area contributed by atoms with E-state index in [0.717, 1.165) is 12.8 Å². The maximum absolute atomic E-state index is 11.8. The normalized spacial score (nSPS) is 31.4. The third-order valence-corrected chi connectivity index (χ3v) is 3.76. The lowest BCUT2D eigenvalue weighted by molar-refractivity contribution is -0.117. The highest BCUT2D eigenvalue weighted by Crippen LogP contribution is 2.32. The van der Waals surface area contributed by atoms with E-state index in [-0.39, 0.29) is 5.91 Å². The summed E-state index contributed by atoms with van der Waals surface area (Å²) in [5.74, 6) is 0.591.